The van der Waals surface area contributed by atoms with Crippen LogP contribution in [0, 0.1) is 6.92 Å². The van der Waals surface area contributed by atoms with Crippen molar-refractivity contribution in [2.45, 2.75) is 13.3 Å². The highest BCUT2D eigenvalue weighted by atomic mass is 35.5. The highest BCUT2D eigenvalue weighted by Crippen LogP contribution is 2.41. The molecule has 0 unspecified atom stereocenters. The first-order chi connectivity index (χ1) is 6.63. The van der Waals surface area contributed by atoms with Crippen molar-refractivity contribution in [2.75, 3.05) is 6.54 Å². The van der Waals surface area contributed by atoms with Crippen molar-refractivity contribution in [3.8, 4) is 11.5 Å². The summed E-state index contributed by atoms with van der Waals surface area (Å²) in [6, 6.07) is 0. The minimum atomic E-state index is -0.253. The Morgan fingerprint density at radius 1 is 1.36 bits per heavy atom. The molecule has 0 aliphatic carbocycles. The second-order valence-corrected chi connectivity index (χ2v) is 3.69. The molecule has 0 spiro atoms. The Morgan fingerprint density at radius 2 is 2.07 bits per heavy atom. The maximum Gasteiger partial charge on any atom is 0.177 e. The second-order valence-electron chi connectivity index (χ2n) is 3.31. The van der Waals surface area contributed by atoms with Crippen molar-refractivity contribution in [3.63, 3.8) is 0 Å². The van der Waals surface area contributed by atoms with Gasteiger partial charge in [-0.25, -0.2) is 0 Å². The van der Waals surface area contributed by atoms with Crippen LogP contribution in [0.3, 0.4) is 0 Å². The van der Waals surface area contributed by atoms with Crippen LogP contribution in [-0.4, -0.2) is 23.0 Å². The number of fused-ring (bicyclic) bond motifs is 1. The third-order valence-electron chi connectivity index (χ3n) is 2.51. The van der Waals surface area contributed by atoms with Crippen LogP contribution >= 0.6 is 11.6 Å². The zero-order valence-electron chi connectivity index (χ0n) is 7.71. The Balaban J connectivity index is 2.79. The molecule has 3 nitrogen and oxygen atoms in total. The van der Waals surface area contributed by atoms with E-state index in [1.807, 2.05) is 0 Å². The second kappa shape index (κ2) is 3.17. The summed E-state index contributed by atoms with van der Waals surface area (Å²) in [4.78, 5) is 4.09. The molecule has 2 rings (SSSR count). The van der Waals surface area contributed by atoms with Crippen molar-refractivity contribution in [1.29, 1.82) is 0 Å². The first-order valence-electron chi connectivity index (χ1n) is 4.35. The Hall–Kier alpha value is -1.22. The Morgan fingerprint density at radius 3 is 2.79 bits per heavy atom. The van der Waals surface area contributed by atoms with Gasteiger partial charge in [-0.3, -0.25) is 4.99 Å². The van der Waals surface area contributed by atoms with Crippen molar-refractivity contribution >= 4 is 17.8 Å². The van der Waals surface area contributed by atoms with E-state index in [0.717, 1.165) is 17.5 Å². The lowest BCUT2D eigenvalue weighted by molar-refractivity contribution is 0.400. The van der Waals surface area contributed by atoms with Crippen LogP contribution in [0.25, 0.3) is 0 Å². The third-order valence-corrected chi connectivity index (χ3v) is 2.90. The zero-order valence-corrected chi connectivity index (χ0v) is 8.47. The SMILES string of the molecule is Cc1c(O)c(O)c(Cl)c2c1CCN=C2. The largest absolute Gasteiger partial charge is 0.504 e. The van der Waals surface area contributed by atoms with E-state index in [1.54, 1.807) is 13.1 Å². The van der Waals surface area contributed by atoms with E-state index in [4.69, 9.17) is 11.6 Å². The van der Waals surface area contributed by atoms with E-state index in [2.05, 4.69) is 4.99 Å². The first-order valence-corrected chi connectivity index (χ1v) is 4.73. The predicted octanol–water partition coefficient (Wildman–Crippen LogP) is 2.03. The number of aliphatic imine (C=N–C) groups is 1. The van der Waals surface area contributed by atoms with Crippen LogP contribution in [0.4, 0.5) is 0 Å². The number of phenolic OH excluding ortho intramolecular Hbond substituents is 2. The molecule has 1 heterocycles. The zero-order chi connectivity index (χ0) is 10.3. The summed E-state index contributed by atoms with van der Waals surface area (Å²) < 4.78 is 0. The van der Waals surface area contributed by atoms with Gasteiger partial charge in [0, 0.05) is 18.3 Å². The van der Waals surface area contributed by atoms with Crippen molar-refractivity contribution in [2.24, 2.45) is 4.99 Å². The van der Waals surface area contributed by atoms with Gasteiger partial charge < -0.3 is 10.2 Å². The van der Waals surface area contributed by atoms with E-state index in [1.165, 1.54) is 0 Å². The van der Waals surface area contributed by atoms with Gasteiger partial charge in [0.1, 0.15) is 0 Å². The number of hydrogen-bond donors (Lipinski definition) is 2. The molecule has 0 aromatic heterocycles. The maximum atomic E-state index is 9.56. The summed E-state index contributed by atoms with van der Waals surface area (Å²) in [5, 5.41) is 19.3. The van der Waals surface area contributed by atoms with E-state index in [9.17, 15) is 10.2 Å². The maximum absolute atomic E-state index is 9.56. The van der Waals surface area contributed by atoms with Gasteiger partial charge in [-0.1, -0.05) is 11.6 Å². The molecule has 2 N–H and O–H groups in total. The van der Waals surface area contributed by atoms with Crippen LogP contribution in [0.15, 0.2) is 4.99 Å². The fourth-order valence-electron chi connectivity index (χ4n) is 1.68. The molecular formula is C10H10ClNO2. The average Bonchev–Trinajstić information content (AvgIpc) is 2.23. The number of aromatic hydroxyl groups is 2. The van der Waals surface area contributed by atoms with Gasteiger partial charge in [0.05, 0.1) is 5.02 Å². The molecule has 0 radical (unpaired) electrons. The van der Waals surface area contributed by atoms with E-state index in [0.29, 0.717) is 12.1 Å². The standard InChI is InChI=1S/C10H10ClNO2/c1-5-6-2-3-12-4-7(6)8(11)10(14)9(5)13/h4,13-14H,2-3H2,1H3. The summed E-state index contributed by atoms with van der Waals surface area (Å²) in [6.07, 6.45) is 2.40. The van der Waals surface area contributed by atoms with E-state index >= 15 is 0 Å². The molecule has 74 valence electrons. The lowest BCUT2D eigenvalue weighted by Gasteiger charge is -2.16. The summed E-state index contributed by atoms with van der Waals surface area (Å²) in [5.74, 6) is -0.375. The summed E-state index contributed by atoms with van der Waals surface area (Å²) in [6.45, 7) is 2.47. The summed E-state index contributed by atoms with van der Waals surface area (Å²) >= 11 is 5.89. The molecule has 0 amide bonds. The fourth-order valence-corrected chi connectivity index (χ4v) is 1.93. The molecule has 0 saturated heterocycles. The van der Waals surface area contributed by atoms with Crippen LogP contribution < -0.4 is 0 Å². The lowest BCUT2D eigenvalue weighted by Crippen LogP contribution is -2.06. The van der Waals surface area contributed by atoms with Gasteiger partial charge in [-0.2, -0.15) is 0 Å². The Labute approximate surface area is 86.7 Å². The van der Waals surface area contributed by atoms with Gasteiger partial charge in [0.15, 0.2) is 11.5 Å². The number of phenols is 2. The van der Waals surface area contributed by atoms with Gasteiger partial charge >= 0.3 is 0 Å². The Bertz CT molecular complexity index is 427. The van der Waals surface area contributed by atoms with Crippen LogP contribution in [0.1, 0.15) is 16.7 Å². The summed E-state index contributed by atoms with van der Waals surface area (Å²) in [5.41, 5.74) is 2.39. The van der Waals surface area contributed by atoms with Gasteiger partial charge in [0.25, 0.3) is 0 Å². The van der Waals surface area contributed by atoms with Crippen LogP contribution in [-0.2, 0) is 6.42 Å². The van der Waals surface area contributed by atoms with Crippen LogP contribution in [0.5, 0.6) is 11.5 Å². The normalized spacial score (nSPS) is 14.1. The summed E-state index contributed by atoms with van der Waals surface area (Å²) in [7, 11) is 0. The van der Waals surface area contributed by atoms with Crippen LogP contribution in [0.2, 0.25) is 5.02 Å². The lowest BCUT2D eigenvalue weighted by atomic mass is 9.96. The highest BCUT2D eigenvalue weighted by Gasteiger charge is 2.20. The highest BCUT2D eigenvalue weighted by molar-refractivity contribution is 6.35. The number of halogens is 1. The quantitative estimate of drug-likeness (QED) is 0.646. The molecular weight excluding hydrogens is 202 g/mol. The van der Waals surface area contributed by atoms with Gasteiger partial charge in [-0.15, -0.1) is 0 Å². The molecule has 1 aromatic carbocycles. The molecule has 0 atom stereocenters. The molecule has 0 saturated carbocycles. The predicted molar refractivity (Wildman–Crippen MR) is 55.7 cm³/mol. The molecule has 0 fully saturated rings. The molecule has 1 aliphatic heterocycles. The molecule has 0 bridgehead atoms. The number of rotatable bonds is 0. The van der Waals surface area contributed by atoms with E-state index in [-0.39, 0.29) is 16.5 Å². The van der Waals surface area contributed by atoms with Crippen molar-refractivity contribution in [3.05, 3.63) is 21.7 Å². The number of hydrogen-bond acceptors (Lipinski definition) is 3. The Kier molecular flexibility index (Phi) is 2.11. The first kappa shape index (κ1) is 9.34. The topological polar surface area (TPSA) is 52.8 Å². The number of benzene rings is 1. The average molecular weight is 212 g/mol. The molecule has 14 heavy (non-hydrogen) atoms. The van der Waals surface area contributed by atoms with Crippen molar-refractivity contribution in [1.82, 2.24) is 0 Å². The fraction of sp³-hybridized carbons (Fsp3) is 0.300. The third kappa shape index (κ3) is 1.16. The number of nitrogens with zero attached hydrogens (tertiary/aromatic N) is 1. The van der Waals surface area contributed by atoms with Crippen molar-refractivity contribution < 1.29 is 10.2 Å². The molecule has 1 aliphatic rings. The van der Waals surface area contributed by atoms with Gasteiger partial charge in [-0.05, 0) is 24.5 Å². The monoisotopic (exact) mass is 211 g/mol. The minimum absolute atomic E-state index is 0.121. The molecule has 4 heteroatoms. The van der Waals surface area contributed by atoms with Gasteiger partial charge in [0.2, 0.25) is 0 Å². The smallest absolute Gasteiger partial charge is 0.177 e. The van der Waals surface area contributed by atoms with E-state index < -0.39 is 0 Å². The molecule has 1 aromatic rings. The minimum Gasteiger partial charge on any atom is -0.504 e.